The average Bonchev–Trinajstić information content (AvgIpc) is 3.17. The standard InChI is InChI=1S/C18H15N5O3S/c1-12-2-3-16(10-19-12)27(25,26)15-4-5-17-13(8-15)9-21-23(18(17)24)11-14-6-7-20-22-14/h2-10H,11H2,1H3,(H,20,22). The van der Waals surface area contributed by atoms with Crippen LogP contribution in [0, 0.1) is 6.92 Å². The molecule has 0 radical (unpaired) electrons. The van der Waals surface area contributed by atoms with Gasteiger partial charge in [0.15, 0.2) is 0 Å². The molecule has 0 aliphatic rings. The molecule has 0 aliphatic heterocycles. The molecule has 8 nitrogen and oxygen atoms in total. The third-order valence-corrected chi connectivity index (χ3v) is 5.94. The number of pyridine rings is 1. The second-order valence-electron chi connectivity index (χ2n) is 6.08. The first-order valence-corrected chi connectivity index (χ1v) is 9.59. The lowest BCUT2D eigenvalue weighted by molar-refractivity contribution is 0.595. The van der Waals surface area contributed by atoms with E-state index in [1.54, 1.807) is 25.3 Å². The molecule has 0 saturated heterocycles. The third kappa shape index (κ3) is 3.13. The number of hydrogen-bond acceptors (Lipinski definition) is 6. The van der Waals surface area contributed by atoms with Gasteiger partial charge in [0, 0.05) is 23.5 Å². The van der Waals surface area contributed by atoms with Crippen LogP contribution in [0.25, 0.3) is 10.8 Å². The summed E-state index contributed by atoms with van der Waals surface area (Å²) in [5.41, 5.74) is 1.17. The van der Waals surface area contributed by atoms with Crippen molar-refractivity contribution in [3.05, 3.63) is 76.7 Å². The van der Waals surface area contributed by atoms with Crippen molar-refractivity contribution < 1.29 is 8.42 Å². The number of fused-ring (bicyclic) bond motifs is 1. The van der Waals surface area contributed by atoms with E-state index >= 15 is 0 Å². The van der Waals surface area contributed by atoms with Gasteiger partial charge in [-0.05, 0) is 43.3 Å². The van der Waals surface area contributed by atoms with E-state index in [2.05, 4.69) is 20.3 Å². The monoisotopic (exact) mass is 381 g/mol. The normalized spacial score (nSPS) is 11.7. The number of aryl methyl sites for hydroxylation is 1. The average molecular weight is 381 g/mol. The first-order valence-electron chi connectivity index (χ1n) is 8.11. The van der Waals surface area contributed by atoms with Crippen LogP contribution in [-0.4, -0.2) is 33.4 Å². The molecule has 0 amide bonds. The molecule has 0 bridgehead atoms. The van der Waals surface area contributed by atoms with Crippen LogP contribution in [0.1, 0.15) is 11.4 Å². The van der Waals surface area contributed by atoms with Crippen LogP contribution < -0.4 is 5.56 Å². The molecule has 3 aromatic heterocycles. The van der Waals surface area contributed by atoms with Gasteiger partial charge < -0.3 is 0 Å². The second kappa shape index (κ2) is 6.44. The predicted octanol–water partition coefficient (Wildman–Crippen LogP) is 1.70. The van der Waals surface area contributed by atoms with Crippen LogP contribution in [0.15, 0.2) is 69.6 Å². The number of nitrogens with one attached hydrogen (secondary N) is 1. The van der Waals surface area contributed by atoms with Crippen LogP contribution >= 0.6 is 0 Å². The third-order valence-electron chi connectivity index (χ3n) is 4.21. The Morgan fingerprint density at radius 1 is 1.07 bits per heavy atom. The van der Waals surface area contributed by atoms with Crippen molar-refractivity contribution in [3.63, 3.8) is 0 Å². The minimum absolute atomic E-state index is 0.0909. The number of sulfone groups is 1. The summed E-state index contributed by atoms with van der Waals surface area (Å²) in [6.07, 6.45) is 4.41. The smallest absolute Gasteiger partial charge is 0.274 e. The number of rotatable bonds is 4. The Balaban J connectivity index is 1.77. The molecule has 1 aromatic carbocycles. The molecule has 1 N–H and O–H groups in total. The highest BCUT2D eigenvalue weighted by atomic mass is 32.2. The zero-order valence-electron chi connectivity index (χ0n) is 14.3. The molecule has 3 heterocycles. The van der Waals surface area contributed by atoms with Gasteiger partial charge in [-0.3, -0.25) is 14.9 Å². The van der Waals surface area contributed by atoms with Gasteiger partial charge in [0.2, 0.25) is 9.84 Å². The van der Waals surface area contributed by atoms with Crippen LogP contribution in [0.2, 0.25) is 0 Å². The fourth-order valence-electron chi connectivity index (χ4n) is 2.73. The van der Waals surface area contributed by atoms with E-state index < -0.39 is 9.84 Å². The van der Waals surface area contributed by atoms with Crippen molar-refractivity contribution in [3.8, 4) is 0 Å². The largest absolute Gasteiger partial charge is 0.281 e. The van der Waals surface area contributed by atoms with Crippen LogP contribution in [0.4, 0.5) is 0 Å². The maximum atomic E-state index is 12.8. The lowest BCUT2D eigenvalue weighted by atomic mass is 10.2. The summed E-state index contributed by atoms with van der Waals surface area (Å²) in [4.78, 5) is 16.9. The lowest BCUT2D eigenvalue weighted by Gasteiger charge is -2.08. The molecule has 0 atom stereocenters. The summed E-state index contributed by atoms with van der Waals surface area (Å²) in [6.45, 7) is 2.04. The summed E-state index contributed by atoms with van der Waals surface area (Å²) in [7, 11) is -3.72. The van der Waals surface area contributed by atoms with Gasteiger partial charge >= 0.3 is 0 Å². The summed E-state index contributed by atoms with van der Waals surface area (Å²) >= 11 is 0. The maximum absolute atomic E-state index is 12.8. The van der Waals surface area contributed by atoms with Gasteiger partial charge in [-0.15, -0.1) is 0 Å². The quantitative estimate of drug-likeness (QED) is 0.576. The molecule has 4 aromatic rings. The summed E-state index contributed by atoms with van der Waals surface area (Å²) < 4.78 is 26.9. The predicted molar refractivity (Wildman–Crippen MR) is 98.1 cm³/mol. The van der Waals surface area contributed by atoms with Crippen molar-refractivity contribution in [1.82, 2.24) is 25.0 Å². The lowest BCUT2D eigenvalue weighted by Crippen LogP contribution is -2.23. The molecule has 0 spiro atoms. The Kier molecular flexibility index (Phi) is 4.08. The molecule has 136 valence electrons. The fraction of sp³-hybridized carbons (Fsp3) is 0.111. The maximum Gasteiger partial charge on any atom is 0.274 e. The van der Waals surface area contributed by atoms with Gasteiger partial charge in [-0.2, -0.15) is 10.2 Å². The number of benzene rings is 1. The van der Waals surface area contributed by atoms with Gasteiger partial charge in [0.25, 0.3) is 5.56 Å². The van der Waals surface area contributed by atoms with Crippen molar-refractivity contribution in [2.24, 2.45) is 0 Å². The molecule has 0 fully saturated rings. The minimum atomic E-state index is -3.72. The number of H-pyrrole nitrogens is 1. The Hall–Kier alpha value is -3.33. The highest BCUT2D eigenvalue weighted by Gasteiger charge is 2.19. The molecule has 4 rings (SSSR count). The number of hydrogen-bond donors (Lipinski definition) is 1. The number of aromatic nitrogens is 5. The summed E-state index contributed by atoms with van der Waals surface area (Å²) in [5.74, 6) is 0. The van der Waals surface area contributed by atoms with E-state index in [1.165, 1.54) is 41.3 Å². The van der Waals surface area contributed by atoms with E-state index in [4.69, 9.17) is 0 Å². The number of nitrogens with zero attached hydrogens (tertiary/aromatic N) is 4. The highest BCUT2D eigenvalue weighted by molar-refractivity contribution is 7.91. The van der Waals surface area contributed by atoms with Gasteiger partial charge in [0.1, 0.15) is 0 Å². The molecule has 0 saturated carbocycles. The van der Waals surface area contributed by atoms with Crippen molar-refractivity contribution >= 4 is 20.6 Å². The van der Waals surface area contributed by atoms with E-state index in [1.807, 2.05) is 0 Å². The SMILES string of the molecule is Cc1ccc(S(=O)(=O)c2ccc3c(=O)n(Cc4ccn[nH]4)ncc3c2)cn1. The van der Waals surface area contributed by atoms with Gasteiger partial charge in [0.05, 0.1) is 33.6 Å². The summed E-state index contributed by atoms with van der Waals surface area (Å²) in [5, 5.41) is 11.6. The van der Waals surface area contributed by atoms with Gasteiger partial charge in [-0.25, -0.2) is 13.1 Å². The van der Waals surface area contributed by atoms with Crippen LogP contribution in [0.5, 0.6) is 0 Å². The van der Waals surface area contributed by atoms with Gasteiger partial charge in [-0.1, -0.05) is 0 Å². The van der Waals surface area contributed by atoms with Crippen molar-refractivity contribution in [2.45, 2.75) is 23.3 Å². The molecule has 9 heteroatoms. The zero-order valence-corrected chi connectivity index (χ0v) is 15.1. The Labute approximate surface area is 154 Å². The topological polar surface area (TPSA) is 111 Å². The Morgan fingerprint density at radius 3 is 2.59 bits per heavy atom. The summed E-state index contributed by atoms with van der Waals surface area (Å²) in [6, 6.07) is 9.31. The Bertz CT molecular complexity index is 1280. The van der Waals surface area contributed by atoms with Crippen LogP contribution in [-0.2, 0) is 16.4 Å². The van der Waals surface area contributed by atoms with E-state index in [-0.39, 0.29) is 21.9 Å². The Morgan fingerprint density at radius 2 is 1.89 bits per heavy atom. The first kappa shape index (κ1) is 17.1. The molecule has 0 aliphatic carbocycles. The zero-order chi connectivity index (χ0) is 19.0. The minimum Gasteiger partial charge on any atom is -0.281 e. The molecule has 0 unspecified atom stereocenters. The molecular formula is C18H15N5O3S. The van der Waals surface area contributed by atoms with Crippen LogP contribution in [0.3, 0.4) is 0 Å². The fourth-order valence-corrected chi connectivity index (χ4v) is 3.97. The van der Waals surface area contributed by atoms with Crippen molar-refractivity contribution in [2.75, 3.05) is 0 Å². The van der Waals surface area contributed by atoms with E-state index in [0.29, 0.717) is 10.8 Å². The molecular weight excluding hydrogens is 366 g/mol. The number of aromatic amines is 1. The highest BCUT2D eigenvalue weighted by Crippen LogP contribution is 2.23. The second-order valence-corrected chi connectivity index (χ2v) is 8.03. The first-order chi connectivity index (χ1) is 12.9. The van der Waals surface area contributed by atoms with E-state index in [0.717, 1.165) is 11.4 Å². The molecule has 27 heavy (non-hydrogen) atoms. The van der Waals surface area contributed by atoms with E-state index in [9.17, 15) is 13.2 Å². The van der Waals surface area contributed by atoms with Crippen molar-refractivity contribution in [1.29, 1.82) is 0 Å².